The van der Waals surface area contributed by atoms with Gasteiger partial charge in [0.1, 0.15) is 10.7 Å². The van der Waals surface area contributed by atoms with Crippen molar-refractivity contribution in [2.45, 2.75) is 20.3 Å². The molecule has 3 heterocycles. The molecular weight excluding hydrogens is 318 g/mol. The fourth-order valence-corrected chi connectivity index (χ4v) is 3.89. The van der Waals surface area contributed by atoms with E-state index in [9.17, 15) is 4.79 Å². The zero-order valence-electron chi connectivity index (χ0n) is 13.5. The van der Waals surface area contributed by atoms with Crippen LogP contribution >= 0.6 is 11.3 Å². The predicted octanol–water partition coefficient (Wildman–Crippen LogP) is 4.40. The maximum Gasteiger partial charge on any atom is 0.260 e. The number of hydrogen-bond donors (Lipinski definition) is 1. The topological polar surface area (TPSA) is 58.6 Å². The molecule has 0 spiro atoms. The van der Waals surface area contributed by atoms with Crippen LogP contribution in [-0.2, 0) is 6.42 Å². The van der Waals surface area contributed by atoms with E-state index in [1.54, 1.807) is 6.20 Å². The maximum absolute atomic E-state index is 12.6. The number of aromatic amines is 1. The number of para-hydroxylation sites is 1. The van der Waals surface area contributed by atoms with Gasteiger partial charge < -0.3 is 4.98 Å². The summed E-state index contributed by atoms with van der Waals surface area (Å²) in [5.74, 6) is 1.08. The van der Waals surface area contributed by atoms with E-state index in [2.05, 4.69) is 34.2 Å². The highest BCUT2D eigenvalue weighted by molar-refractivity contribution is 7.16. The molecule has 0 saturated carbocycles. The van der Waals surface area contributed by atoms with Crippen LogP contribution in [0.5, 0.6) is 0 Å². The van der Waals surface area contributed by atoms with Gasteiger partial charge in [0.15, 0.2) is 0 Å². The van der Waals surface area contributed by atoms with Gasteiger partial charge in [-0.25, -0.2) is 4.98 Å². The Morgan fingerprint density at radius 1 is 1.25 bits per heavy atom. The van der Waals surface area contributed by atoms with Gasteiger partial charge in [0.25, 0.3) is 5.56 Å². The summed E-state index contributed by atoms with van der Waals surface area (Å²) in [6, 6.07) is 9.92. The number of pyridine rings is 1. The van der Waals surface area contributed by atoms with E-state index in [1.807, 2.05) is 30.3 Å². The van der Waals surface area contributed by atoms with Crippen LogP contribution in [-0.4, -0.2) is 15.0 Å². The van der Waals surface area contributed by atoms with E-state index in [0.29, 0.717) is 11.7 Å². The summed E-state index contributed by atoms with van der Waals surface area (Å²) >= 11 is 1.53. The number of rotatable bonds is 3. The molecule has 0 saturated heterocycles. The van der Waals surface area contributed by atoms with Crippen LogP contribution in [0, 0.1) is 5.92 Å². The van der Waals surface area contributed by atoms with Crippen LogP contribution in [0.1, 0.15) is 19.4 Å². The van der Waals surface area contributed by atoms with Gasteiger partial charge in [0, 0.05) is 17.1 Å². The monoisotopic (exact) mass is 335 g/mol. The molecule has 0 aliphatic carbocycles. The van der Waals surface area contributed by atoms with Crippen molar-refractivity contribution < 1.29 is 0 Å². The standard InChI is InChI=1S/C19H17N3OS/c1-11(2)7-14-10-24-19-16(14)18(23)21-17(22-19)13-8-12-5-3-4-6-15(12)20-9-13/h3-6,8-11H,7H2,1-2H3,(H,21,22,23). The lowest BCUT2D eigenvalue weighted by Gasteiger charge is -2.05. The van der Waals surface area contributed by atoms with Gasteiger partial charge in [0.2, 0.25) is 0 Å². The summed E-state index contributed by atoms with van der Waals surface area (Å²) < 4.78 is 0. The summed E-state index contributed by atoms with van der Waals surface area (Å²) in [5.41, 5.74) is 2.77. The first-order valence-electron chi connectivity index (χ1n) is 7.97. The molecule has 0 radical (unpaired) electrons. The lowest BCUT2D eigenvalue weighted by molar-refractivity contribution is 0.651. The number of aromatic nitrogens is 3. The molecule has 5 heteroatoms. The summed E-state index contributed by atoms with van der Waals surface area (Å²) in [6.07, 6.45) is 2.65. The molecule has 4 aromatic rings. The third-order valence-corrected chi connectivity index (χ3v) is 4.93. The Hall–Kier alpha value is -2.53. The van der Waals surface area contributed by atoms with Crippen molar-refractivity contribution in [1.82, 2.24) is 15.0 Å². The van der Waals surface area contributed by atoms with Gasteiger partial charge >= 0.3 is 0 Å². The van der Waals surface area contributed by atoms with E-state index in [1.165, 1.54) is 11.3 Å². The summed E-state index contributed by atoms with van der Waals surface area (Å²) in [7, 11) is 0. The minimum atomic E-state index is -0.0694. The Morgan fingerprint density at radius 2 is 2.08 bits per heavy atom. The Labute approximate surface area is 143 Å². The SMILES string of the molecule is CC(C)Cc1csc2nc(-c3cnc4ccccc4c3)[nH]c(=O)c12. The van der Waals surface area contributed by atoms with Crippen molar-refractivity contribution in [3.05, 3.63) is 57.8 Å². The highest BCUT2D eigenvalue weighted by Crippen LogP contribution is 2.26. The second-order valence-corrected chi connectivity index (χ2v) is 7.23. The molecule has 0 unspecified atom stereocenters. The molecule has 0 atom stereocenters. The summed E-state index contributed by atoms with van der Waals surface area (Å²) in [4.78, 5) is 25.4. The van der Waals surface area contributed by atoms with Crippen LogP contribution in [0.2, 0.25) is 0 Å². The van der Waals surface area contributed by atoms with Gasteiger partial charge in [-0.05, 0) is 35.4 Å². The first-order valence-corrected chi connectivity index (χ1v) is 8.85. The van der Waals surface area contributed by atoms with Crippen LogP contribution < -0.4 is 5.56 Å². The molecule has 0 aliphatic heterocycles. The normalized spacial score (nSPS) is 11.6. The van der Waals surface area contributed by atoms with Crippen LogP contribution in [0.3, 0.4) is 0 Å². The first-order chi connectivity index (χ1) is 11.6. The van der Waals surface area contributed by atoms with E-state index in [-0.39, 0.29) is 5.56 Å². The minimum Gasteiger partial charge on any atom is -0.306 e. The second-order valence-electron chi connectivity index (χ2n) is 6.37. The number of H-pyrrole nitrogens is 1. The van der Waals surface area contributed by atoms with Crippen molar-refractivity contribution in [2.24, 2.45) is 5.92 Å². The Kier molecular flexibility index (Phi) is 3.65. The third-order valence-electron chi connectivity index (χ3n) is 4.01. The van der Waals surface area contributed by atoms with E-state index in [0.717, 1.165) is 38.7 Å². The second kappa shape index (κ2) is 5.83. The lowest BCUT2D eigenvalue weighted by Crippen LogP contribution is -2.10. The largest absolute Gasteiger partial charge is 0.306 e. The van der Waals surface area contributed by atoms with Crippen LogP contribution in [0.15, 0.2) is 46.7 Å². The highest BCUT2D eigenvalue weighted by atomic mass is 32.1. The van der Waals surface area contributed by atoms with Crippen molar-refractivity contribution in [3.8, 4) is 11.4 Å². The van der Waals surface area contributed by atoms with Gasteiger partial charge in [-0.2, -0.15) is 0 Å². The molecule has 1 N–H and O–H groups in total. The zero-order chi connectivity index (χ0) is 16.7. The van der Waals surface area contributed by atoms with Crippen molar-refractivity contribution >= 4 is 32.5 Å². The third kappa shape index (κ3) is 2.61. The number of hydrogen-bond acceptors (Lipinski definition) is 4. The zero-order valence-corrected chi connectivity index (χ0v) is 14.4. The van der Waals surface area contributed by atoms with Crippen molar-refractivity contribution in [1.29, 1.82) is 0 Å². The molecule has 24 heavy (non-hydrogen) atoms. The molecule has 0 bridgehead atoms. The van der Waals surface area contributed by atoms with E-state index < -0.39 is 0 Å². The fourth-order valence-electron chi connectivity index (χ4n) is 2.93. The summed E-state index contributed by atoms with van der Waals surface area (Å²) in [5, 5.41) is 3.81. The molecule has 4 rings (SSSR count). The smallest absolute Gasteiger partial charge is 0.260 e. The van der Waals surface area contributed by atoms with Gasteiger partial charge in [-0.3, -0.25) is 9.78 Å². The molecule has 1 aromatic carbocycles. The molecule has 0 fully saturated rings. The molecule has 0 aliphatic rings. The lowest BCUT2D eigenvalue weighted by atomic mass is 10.0. The molecule has 120 valence electrons. The van der Waals surface area contributed by atoms with Crippen molar-refractivity contribution in [3.63, 3.8) is 0 Å². The molecular formula is C19H17N3OS. The van der Waals surface area contributed by atoms with Gasteiger partial charge in [-0.1, -0.05) is 32.0 Å². The molecule has 0 amide bonds. The van der Waals surface area contributed by atoms with E-state index in [4.69, 9.17) is 0 Å². The quantitative estimate of drug-likeness (QED) is 0.604. The number of fused-ring (bicyclic) bond motifs is 2. The number of nitrogens with zero attached hydrogens (tertiary/aromatic N) is 2. The number of thiophene rings is 1. The Bertz CT molecular complexity index is 1090. The number of benzene rings is 1. The van der Waals surface area contributed by atoms with Crippen molar-refractivity contribution in [2.75, 3.05) is 0 Å². The van der Waals surface area contributed by atoms with Gasteiger partial charge in [0.05, 0.1) is 10.9 Å². The maximum atomic E-state index is 12.6. The first kappa shape index (κ1) is 15.0. The predicted molar refractivity (Wildman–Crippen MR) is 99.5 cm³/mol. The average molecular weight is 335 g/mol. The van der Waals surface area contributed by atoms with Crippen LogP contribution in [0.25, 0.3) is 32.5 Å². The van der Waals surface area contributed by atoms with E-state index >= 15 is 0 Å². The van der Waals surface area contributed by atoms with Crippen LogP contribution in [0.4, 0.5) is 0 Å². The van der Waals surface area contributed by atoms with Gasteiger partial charge in [-0.15, -0.1) is 11.3 Å². The Balaban J connectivity index is 1.86. The fraction of sp³-hybridized carbons (Fsp3) is 0.211. The number of nitrogens with one attached hydrogen (secondary N) is 1. The molecule has 3 aromatic heterocycles. The molecule has 4 nitrogen and oxygen atoms in total. The highest BCUT2D eigenvalue weighted by Gasteiger charge is 2.13. The summed E-state index contributed by atoms with van der Waals surface area (Å²) in [6.45, 7) is 4.31. The average Bonchev–Trinajstić information content (AvgIpc) is 2.97. The Morgan fingerprint density at radius 3 is 2.92 bits per heavy atom. The minimum absolute atomic E-state index is 0.0694.